The van der Waals surface area contributed by atoms with Crippen molar-refractivity contribution in [3.8, 4) is 0 Å². The number of carbonyl (C=O) groups excluding carboxylic acids is 2. The van der Waals surface area contributed by atoms with Gasteiger partial charge in [-0.2, -0.15) is 0 Å². The Morgan fingerprint density at radius 3 is 2.61 bits per heavy atom. The molecule has 1 amide bonds. The van der Waals surface area contributed by atoms with Crippen molar-refractivity contribution in [1.82, 2.24) is 5.32 Å². The number of amides is 1. The van der Waals surface area contributed by atoms with Gasteiger partial charge in [0.1, 0.15) is 5.70 Å². The number of esters is 1. The number of benzene rings is 1. The molecule has 5 nitrogen and oxygen atoms in total. The zero-order valence-corrected chi connectivity index (χ0v) is 10.7. The number of carbonyl (C=O) groups is 2. The fourth-order valence-electron chi connectivity index (χ4n) is 1.25. The van der Waals surface area contributed by atoms with Crippen LogP contribution in [0, 0.1) is 0 Å². The molecule has 0 saturated heterocycles. The Kier molecular flexibility index (Phi) is 4.74. The van der Waals surface area contributed by atoms with Gasteiger partial charge in [-0.1, -0.05) is 17.7 Å². The van der Waals surface area contributed by atoms with Crippen molar-refractivity contribution in [2.45, 2.75) is 6.92 Å². The highest BCUT2D eigenvalue weighted by Gasteiger charge is 2.11. The van der Waals surface area contributed by atoms with Crippen molar-refractivity contribution in [2.75, 3.05) is 12.8 Å². The van der Waals surface area contributed by atoms with Crippen LogP contribution in [0.3, 0.4) is 0 Å². The predicted molar refractivity (Wildman–Crippen MR) is 69.7 cm³/mol. The van der Waals surface area contributed by atoms with Crippen LogP contribution in [0.4, 0.5) is 5.69 Å². The Hall–Kier alpha value is -2.01. The summed E-state index contributed by atoms with van der Waals surface area (Å²) in [7, 11) is 1.23. The predicted octanol–water partition coefficient (Wildman–Crippen LogP) is 1.57. The minimum absolute atomic E-state index is 0.0332. The molecule has 0 aliphatic heterocycles. The lowest BCUT2D eigenvalue weighted by Gasteiger charge is -2.06. The molecule has 18 heavy (non-hydrogen) atoms. The standard InChI is InChI=1S/C12H13ClN2O3/c1-7(16)15-11(12(17)18-2)6-8-3-4-10(14)9(13)5-8/h3-6H,14H2,1-2H3,(H,15,16)/b11-6+. The number of nitrogens with one attached hydrogen (secondary N) is 1. The van der Waals surface area contributed by atoms with Crippen molar-refractivity contribution in [3.63, 3.8) is 0 Å². The first kappa shape index (κ1) is 14.1. The molecule has 0 radical (unpaired) electrons. The van der Waals surface area contributed by atoms with Crippen molar-refractivity contribution in [1.29, 1.82) is 0 Å². The van der Waals surface area contributed by atoms with Crippen molar-refractivity contribution in [3.05, 3.63) is 34.5 Å². The Morgan fingerprint density at radius 2 is 2.11 bits per heavy atom. The van der Waals surface area contributed by atoms with E-state index in [1.165, 1.54) is 20.1 Å². The molecule has 0 aliphatic carbocycles. The fourth-order valence-corrected chi connectivity index (χ4v) is 1.43. The van der Waals surface area contributed by atoms with E-state index in [1.54, 1.807) is 18.2 Å². The van der Waals surface area contributed by atoms with Gasteiger partial charge in [0.05, 0.1) is 17.8 Å². The second-order valence-corrected chi connectivity index (χ2v) is 3.92. The minimum atomic E-state index is -0.641. The number of halogens is 1. The summed E-state index contributed by atoms with van der Waals surface area (Å²) in [6, 6.07) is 4.87. The first-order chi connectivity index (χ1) is 8.43. The summed E-state index contributed by atoms with van der Waals surface area (Å²) in [5.41, 5.74) is 6.67. The Morgan fingerprint density at radius 1 is 1.44 bits per heavy atom. The van der Waals surface area contributed by atoms with E-state index in [9.17, 15) is 9.59 Å². The molecular weight excluding hydrogens is 256 g/mol. The van der Waals surface area contributed by atoms with E-state index in [0.717, 1.165) is 0 Å². The molecule has 3 N–H and O–H groups in total. The molecule has 1 aromatic rings. The summed E-state index contributed by atoms with van der Waals surface area (Å²) in [6.07, 6.45) is 1.46. The molecule has 1 rings (SSSR count). The zero-order chi connectivity index (χ0) is 13.7. The average Bonchev–Trinajstić information content (AvgIpc) is 2.31. The van der Waals surface area contributed by atoms with E-state index in [0.29, 0.717) is 16.3 Å². The average molecular weight is 269 g/mol. The Labute approximate surface area is 110 Å². The molecule has 0 atom stereocenters. The Bertz CT molecular complexity index is 512. The van der Waals surface area contributed by atoms with Crippen LogP contribution in [0.25, 0.3) is 6.08 Å². The largest absolute Gasteiger partial charge is 0.464 e. The molecule has 0 heterocycles. The monoisotopic (exact) mass is 268 g/mol. The van der Waals surface area contributed by atoms with Crippen LogP contribution in [0.5, 0.6) is 0 Å². The van der Waals surface area contributed by atoms with Gasteiger partial charge < -0.3 is 15.8 Å². The van der Waals surface area contributed by atoms with Crippen LogP contribution < -0.4 is 11.1 Å². The van der Waals surface area contributed by atoms with E-state index in [-0.39, 0.29) is 11.6 Å². The topological polar surface area (TPSA) is 81.4 Å². The molecule has 0 unspecified atom stereocenters. The van der Waals surface area contributed by atoms with Crippen LogP contribution in [-0.2, 0) is 14.3 Å². The summed E-state index contributed by atoms with van der Waals surface area (Å²) in [5, 5.41) is 2.76. The van der Waals surface area contributed by atoms with E-state index in [2.05, 4.69) is 10.1 Å². The van der Waals surface area contributed by atoms with Gasteiger partial charge in [0, 0.05) is 6.92 Å². The van der Waals surface area contributed by atoms with E-state index >= 15 is 0 Å². The number of hydrogen-bond donors (Lipinski definition) is 2. The Balaban J connectivity index is 3.10. The van der Waals surface area contributed by atoms with Gasteiger partial charge >= 0.3 is 5.97 Å². The maximum Gasteiger partial charge on any atom is 0.354 e. The normalized spacial score (nSPS) is 10.9. The summed E-state index contributed by atoms with van der Waals surface area (Å²) >= 11 is 5.86. The second-order valence-electron chi connectivity index (χ2n) is 3.51. The highest BCUT2D eigenvalue weighted by Crippen LogP contribution is 2.21. The summed E-state index contributed by atoms with van der Waals surface area (Å²) in [6.45, 7) is 1.30. The van der Waals surface area contributed by atoms with Gasteiger partial charge in [-0.25, -0.2) is 4.79 Å². The molecule has 0 aliphatic rings. The second kappa shape index (κ2) is 6.07. The lowest BCUT2D eigenvalue weighted by atomic mass is 10.1. The highest BCUT2D eigenvalue weighted by atomic mass is 35.5. The lowest BCUT2D eigenvalue weighted by Crippen LogP contribution is -2.25. The van der Waals surface area contributed by atoms with Gasteiger partial charge in [0.15, 0.2) is 0 Å². The maximum absolute atomic E-state index is 11.4. The molecule has 0 saturated carbocycles. The molecule has 0 aromatic heterocycles. The number of anilines is 1. The van der Waals surface area contributed by atoms with Crippen molar-refractivity contribution < 1.29 is 14.3 Å². The fraction of sp³-hybridized carbons (Fsp3) is 0.167. The number of nitrogens with two attached hydrogens (primary N) is 1. The van der Waals surface area contributed by atoms with E-state index in [1.807, 2.05) is 0 Å². The highest BCUT2D eigenvalue weighted by molar-refractivity contribution is 6.33. The van der Waals surface area contributed by atoms with Gasteiger partial charge in [0.2, 0.25) is 5.91 Å². The molecule has 0 spiro atoms. The first-order valence-electron chi connectivity index (χ1n) is 5.06. The molecule has 0 bridgehead atoms. The van der Waals surface area contributed by atoms with E-state index in [4.69, 9.17) is 17.3 Å². The van der Waals surface area contributed by atoms with Crippen LogP contribution in [0.15, 0.2) is 23.9 Å². The third kappa shape index (κ3) is 3.78. The zero-order valence-electron chi connectivity index (χ0n) is 9.99. The van der Waals surface area contributed by atoms with E-state index < -0.39 is 5.97 Å². The summed E-state index contributed by atoms with van der Waals surface area (Å²) in [4.78, 5) is 22.4. The molecule has 96 valence electrons. The van der Waals surface area contributed by atoms with Crippen LogP contribution in [0.1, 0.15) is 12.5 Å². The van der Waals surface area contributed by atoms with Gasteiger partial charge in [-0.15, -0.1) is 0 Å². The number of hydrogen-bond acceptors (Lipinski definition) is 4. The SMILES string of the molecule is COC(=O)/C(=C\c1ccc(N)c(Cl)c1)NC(C)=O. The number of rotatable bonds is 3. The third-order valence-electron chi connectivity index (χ3n) is 2.05. The summed E-state index contributed by atoms with van der Waals surface area (Å²) in [5.74, 6) is -1.01. The third-order valence-corrected chi connectivity index (χ3v) is 2.38. The smallest absolute Gasteiger partial charge is 0.354 e. The first-order valence-corrected chi connectivity index (χ1v) is 5.44. The van der Waals surface area contributed by atoms with Crippen molar-refractivity contribution in [2.24, 2.45) is 0 Å². The number of nitrogen functional groups attached to an aromatic ring is 1. The maximum atomic E-state index is 11.4. The minimum Gasteiger partial charge on any atom is -0.464 e. The molecule has 0 fully saturated rings. The van der Waals surface area contributed by atoms with Crippen molar-refractivity contribution >= 4 is 35.2 Å². The van der Waals surface area contributed by atoms with Gasteiger partial charge in [-0.05, 0) is 23.8 Å². The molecule has 1 aromatic carbocycles. The number of methoxy groups -OCH3 is 1. The van der Waals surface area contributed by atoms with Crippen LogP contribution >= 0.6 is 11.6 Å². The lowest BCUT2D eigenvalue weighted by molar-refractivity contribution is -0.137. The van der Waals surface area contributed by atoms with Gasteiger partial charge in [0.25, 0.3) is 0 Å². The van der Waals surface area contributed by atoms with Crippen LogP contribution in [0.2, 0.25) is 5.02 Å². The van der Waals surface area contributed by atoms with Gasteiger partial charge in [-0.3, -0.25) is 4.79 Å². The quantitative estimate of drug-likeness (QED) is 0.495. The summed E-state index contributed by atoms with van der Waals surface area (Å²) < 4.78 is 4.56. The van der Waals surface area contributed by atoms with Crippen LogP contribution in [-0.4, -0.2) is 19.0 Å². The molecule has 6 heteroatoms. The molecular formula is C12H13ClN2O3. The number of ether oxygens (including phenoxy) is 1.